The Labute approximate surface area is 96.8 Å². The third kappa shape index (κ3) is 2.15. The number of halogens is 1. The molecule has 0 unspecified atom stereocenters. The van der Waals surface area contributed by atoms with Crippen molar-refractivity contribution in [1.29, 1.82) is 0 Å². The monoisotopic (exact) mass is 238 g/mol. The lowest BCUT2D eigenvalue weighted by atomic mass is 10.3. The highest BCUT2D eigenvalue weighted by atomic mass is 35.5. The average molecular weight is 239 g/mol. The summed E-state index contributed by atoms with van der Waals surface area (Å²) in [6, 6.07) is 6.88. The van der Waals surface area contributed by atoms with Crippen LogP contribution in [0.3, 0.4) is 0 Å². The van der Waals surface area contributed by atoms with E-state index in [-0.39, 0.29) is 5.69 Å². The Morgan fingerprint density at radius 1 is 1.38 bits per heavy atom. The molecule has 0 fully saturated rings. The van der Waals surface area contributed by atoms with Crippen LogP contribution in [0.5, 0.6) is 0 Å². The summed E-state index contributed by atoms with van der Waals surface area (Å²) in [5, 5.41) is 4.74. The van der Waals surface area contributed by atoms with E-state index in [4.69, 9.17) is 17.3 Å². The highest BCUT2D eigenvalue weighted by Crippen LogP contribution is 2.11. The minimum atomic E-state index is -0.272. The second-order valence-electron chi connectivity index (χ2n) is 3.30. The molecule has 16 heavy (non-hydrogen) atoms. The summed E-state index contributed by atoms with van der Waals surface area (Å²) in [4.78, 5) is 14.2. The lowest BCUT2D eigenvalue weighted by molar-refractivity contribution is 0.804. The van der Waals surface area contributed by atoms with Crippen molar-refractivity contribution in [3.8, 4) is 5.69 Å². The molecule has 1 aromatic heterocycles. The molecule has 1 aromatic carbocycles. The predicted octanol–water partition coefficient (Wildman–Crippen LogP) is 0.715. The summed E-state index contributed by atoms with van der Waals surface area (Å²) in [7, 11) is 0. The van der Waals surface area contributed by atoms with E-state index in [1.807, 2.05) is 0 Å². The van der Waals surface area contributed by atoms with Crippen molar-refractivity contribution < 1.29 is 0 Å². The van der Waals surface area contributed by atoms with Crippen LogP contribution in [0.1, 0.15) is 5.82 Å². The van der Waals surface area contributed by atoms with E-state index in [0.717, 1.165) is 0 Å². The Balaban J connectivity index is 2.40. The summed E-state index contributed by atoms with van der Waals surface area (Å²) in [6.45, 7) is 0.452. The minimum absolute atomic E-state index is 0.272. The molecule has 0 saturated carbocycles. The molecule has 84 valence electrons. The zero-order valence-electron chi connectivity index (χ0n) is 8.48. The van der Waals surface area contributed by atoms with Crippen LogP contribution < -0.4 is 11.4 Å². The van der Waals surface area contributed by atoms with Crippen molar-refractivity contribution in [3.63, 3.8) is 0 Å². The largest absolute Gasteiger partial charge is 0.348 e. The maximum atomic E-state index is 11.6. The van der Waals surface area contributed by atoms with Crippen LogP contribution in [0, 0.1) is 0 Å². The summed E-state index contributed by atoms with van der Waals surface area (Å²) in [6.07, 6.45) is 0.551. The van der Waals surface area contributed by atoms with Crippen molar-refractivity contribution >= 4 is 11.6 Å². The first kappa shape index (κ1) is 10.9. The van der Waals surface area contributed by atoms with Gasteiger partial charge in [0.2, 0.25) is 0 Å². The van der Waals surface area contributed by atoms with Gasteiger partial charge in [-0.3, -0.25) is 4.98 Å². The first-order chi connectivity index (χ1) is 7.70. The number of nitrogens with two attached hydrogens (primary N) is 1. The van der Waals surface area contributed by atoms with E-state index in [9.17, 15) is 4.79 Å². The fourth-order valence-electron chi connectivity index (χ4n) is 1.37. The fraction of sp³-hybridized carbons (Fsp3) is 0.200. The number of hydrogen-bond donors (Lipinski definition) is 2. The van der Waals surface area contributed by atoms with Crippen molar-refractivity contribution in [2.45, 2.75) is 6.42 Å². The lowest BCUT2D eigenvalue weighted by Crippen LogP contribution is -2.15. The standard InChI is InChI=1S/C10H11ClN4O/c11-7-1-3-8(4-2-7)15-10(16)13-9(14-15)5-6-12/h1-4H,5-6,12H2,(H,13,14,16). The molecule has 3 N–H and O–H groups in total. The molecular weight excluding hydrogens is 228 g/mol. The Bertz CT molecular complexity index is 528. The second-order valence-corrected chi connectivity index (χ2v) is 3.74. The van der Waals surface area contributed by atoms with Gasteiger partial charge in [0.05, 0.1) is 5.69 Å². The SMILES string of the molecule is NCCc1nn(-c2ccc(Cl)cc2)c(=O)[nH]1. The summed E-state index contributed by atoms with van der Waals surface area (Å²) in [5.74, 6) is 0.586. The molecule has 0 aliphatic rings. The van der Waals surface area contributed by atoms with Gasteiger partial charge in [0.1, 0.15) is 5.82 Å². The Morgan fingerprint density at radius 2 is 2.06 bits per heavy atom. The third-order valence-electron chi connectivity index (χ3n) is 2.12. The van der Waals surface area contributed by atoms with Gasteiger partial charge in [-0.2, -0.15) is 9.78 Å². The number of nitrogens with zero attached hydrogens (tertiary/aromatic N) is 2. The number of H-pyrrole nitrogens is 1. The highest BCUT2D eigenvalue weighted by molar-refractivity contribution is 6.30. The molecule has 5 nitrogen and oxygen atoms in total. The number of aromatic nitrogens is 3. The number of aromatic amines is 1. The summed E-state index contributed by atoms with van der Waals surface area (Å²) in [5.41, 5.74) is 5.79. The van der Waals surface area contributed by atoms with Gasteiger partial charge in [-0.15, -0.1) is 0 Å². The van der Waals surface area contributed by atoms with Gasteiger partial charge in [-0.1, -0.05) is 11.6 Å². The van der Waals surface area contributed by atoms with Gasteiger partial charge in [-0.25, -0.2) is 4.79 Å². The van der Waals surface area contributed by atoms with E-state index in [0.29, 0.717) is 29.5 Å². The van der Waals surface area contributed by atoms with Gasteiger partial charge >= 0.3 is 5.69 Å². The van der Waals surface area contributed by atoms with Crippen LogP contribution in [0.25, 0.3) is 5.69 Å². The van der Waals surface area contributed by atoms with Gasteiger partial charge in [0, 0.05) is 11.4 Å². The Kier molecular flexibility index (Phi) is 3.07. The maximum absolute atomic E-state index is 11.6. The summed E-state index contributed by atoms with van der Waals surface area (Å²) < 4.78 is 1.29. The topological polar surface area (TPSA) is 76.7 Å². The van der Waals surface area contributed by atoms with E-state index >= 15 is 0 Å². The second kappa shape index (κ2) is 4.51. The minimum Gasteiger partial charge on any atom is -0.330 e. The van der Waals surface area contributed by atoms with E-state index < -0.39 is 0 Å². The highest BCUT2D eigenvalue weighted by Gasteiger charge is 2.05. The third-order valence-corrected chi connectivity index (χ3v) is 2.37. The molecule has 0 atom stereocenters. The predicted molar refractivity (Wildman–Crippen MR) is 62.0 cm³/mol. The lowest BCUT2D eigenvalue weighted by Gasteiger charge is -1.98. The normalized spacial score (nSPS) is 10.6. The van der Waals surface area contributed by atoms with Crippen LogP contribution in [0.4, 0.5) is 0 Å². The average Bonchev–Trinajstić information content (AvgIpc) is 2.61. The van der Waals surface area contributed by atoms with Crippen molar-refractivity contribution in [2.24, 2.45) is 5.73 Å². The van der Waals surface area contributed by atoms with E-state index in [1.54, 1.807) is 24.3 Å². The van der Waals surface area contributed by atoms with Crippen molar-refractivity contribution in [1.82, 2.24) is 14.8 Å². The Hall–Kier alpha value is -1.59. The number of rotatable bonds is 3. The van der Waals surface area contributed by atoms with E-state index in [2.05, 4.69) is 10.1 Å². The molecule has 0 spiro atoms. The van der Waals surface area contributed by atoms with Gasteiger partial charge in [0.25, 0.3) is 0 Å². The van der Waals surface area contributed by atoms with Gasteiger partial charge < -0.3 is 5.73 Å². The molecule has 0 amide bonds. The zero-order chi connectivity index (χ0) is 11.5. The number of hydrogen-bond acceptors (Lipinski definition) is 3. The first-order valence-electron chi connectivity index (χ1n) is 4.85. The molecule has 0 bridgehead atoms. The van der Waals surface area contributed by atoms with Crippen LogP contribution in [0.15, 0.2) is 29.1 Å². The van der Waals surface area contributed by atoms with Crippen LogP contribution in [0.2, 0.25) is 5.02 Å². The molecule has 0 saturated heterocycles. The quantitative estimate of drug-likeness (QED) is 0.827. The molecular formula is C10H11ClN4O. The number of benzene rings is 1. The summed E-state index contributed by atoms with van der Waals surface area (Å²) >= 11 is 5.76. The molecule has 1 heterocycles. The van der Waals surface area contributed by atoms with Crippen LogP contribution in [-0.4, -0.2) is 21.3 Å². The molecule has 6 heteroatoms. The van der Waals surface area contributed by atoms with E-state index in [1.165, 1.54) is 4.68 Å². The molecule has 2 aromatic rings. The first-order valence-corrected chi connectivity index (χ1v) is 5.23. The fourth-order valence-corrected chi connectivity index (χ4v) is 1.50. The molecule has 0 aliphatic heterocycles. The Morgan fingerprint density at radius 3 is 2.69 bits per heavy atom. The van der Waals surface area contributed by atoms with Gasteiger partial charge in [0.15, 0.2) is 0 Å². The smallest absolute Gasteiger partial charge is 0.330 e. The zero-order valence-corrected chi connectivity index (χ0v) is 9.24. The maximum Gasteiger partial charge on any atom is 0.348 e. The van der Waals surface area contributed by atoms with Crippen molar-refractivity contribution in [2.75, 3.05) is 6.54 Å². The number of nitrogens with one attached hydrogen (secondary N) is 1. The van der Waals surface area contributed by atoms with Crippen LogP contribution >= 0.6 is 11.6 Å². The van der Waals surface area contributed by atoms with Gasteiger partial charge in [-0.05, 0) is 30.8 Å². The molecule has 2 rings (SSSR count). The molecule has 0 aliphatic carbocycles. The van der Waals surface area contributed by atoms with Crippen molar-refractivity contribution in [3.05, 3.63) is 45.6 Å². The van der Waals surface area contributed by atoms with Crippen LogP contribution in [-0.2, 0) is 6.42 Å². The molecule has 0 radical (unpaired) electrons.